The summed E-state index contributed by atoms with van der Waals surface area (Å²) in [6, 6.07) is 18.7. The molecule has 3 N–H and O–H groups in total. The van der Waals surface area contributed by atoms with Crippen LogP contribution in [0.1, 0.15) is 22.8 Å². The second kappa shape index (κ2) is 7.98. The van der Waals surface area contributed by atoms with E-state index in [9.17, 15) is 9.59 Å². The second-order valence-corrected chi connectivity index (χ2v) is 6.78. The Kier molecular flexibility index (Phi) is 5.07. The molecule has 6 nitrogen and oxygen atoms in total. The highest BCUT2D eigenvalue weighted by molar-refractivity contribution is 5.96. The van der Waals surface area contributed by atoms with Crippen LogP contribution in [-0.2, 0) is 11.2 Å². The predicted octanol–water partition coefficient (Wildman–Crippen LogP) is 4.69. The molecule has 2 heterocycles. The van der Waals surface area contributed by atoms with E-state index in [0.29, 0.717) is 17.1 Å². The summed E-state index contributed by atoms with van der Waals surface area (Å²) < 4.78 is 0. The fourth-order valence-electron chi connectivity index (χ4n) is 3.16. The Balaban J connectivity index is 1.39. The van der Waals surface area contributed by atoms with Crippen molar-refractivity contribution < 1.29 is 9.59 Å². The first-order valence-electron chi connectivity index (χ1n) is 9.27. The number of benzene rings is 2. The summed E-state index contributed by atoms with van der Waals surface area (Å²) in [5.74, 6) is 0.529. The predicted molar refractivity (Wildman–Crippen MR) is 115 cm³/mol. The van der Waals surface area contributed by atoms with E-state index in [1.807, 2.05) is 42.6 Å². The van der Waals surface area contributed by atoms with Crippen LogP contribution in [0.3, 0.4) is 0 Å². The van der Waals surface area contributed by atoms with Crippen LogP contribution in [0.5, 0.6) is 0 Å². The molecule has 6 heteroatoms. The SMILES string of the molecule is CC(=O)c1cccc(Nc2ccc(NC(=O)Cc3c[nH]c4ccccc34)cn2)c1. The molecule has 4 rings (SSSR count). The molecule has 0 radical (unpaired) electrons. The number of aromatic amines is 1. The number of para-hydroxylation sites is 1. The third kappa shape index (κ3) is 4.32. The van der Waals surface area contributed by atoms with Crippen LogP contribution in [0.15, 0.2) is 73.1 Å². The molecule has 29 heavy (non-hydrogen) atoms. The number of carbonyl (C=O) groups is 2. The van der Waals surface area contributed by atoms with Crippen molar-refractivity contribution in [1.29, 1.82) is 0 Å². The molecule has 0 fully saturated rings. The molecule has 0 unspecified atom stereocenters. The zero-order valence-electron chi connectivity index (χ0n) is 15.9. The molecule has 2 aromatic carbocycles. The van der Waals surface area contributed by atoms with Gasteiger partial charge in [-0.25, -0.2) is 4.98 Å². The topological polar surface area (TPSA) is 86.9 Å². The number of ketones is 1. The van der Waals surface area contributed by atoms with Crippen LogP contribution in [0.25, 0.3) is 10.9 Å². The lowest BCUT2D eigenvalue weighted by atomic mass is 10.1. The van der Waals surface area contributed by atoms with Crippen LogP contribution in [0, 0.1) is 0 Å². The Labute approximate surface area is 168 Å². The van der Waals surface area contributed by atoms with E-state index in [-0.39, 0.29) is 18.1 Å². The molecular weight excluding hydrogens is 364 g/mol. The summed E-state index contributed by atoms with van der Waals surface area (Å²) >= 11 is 0. The maximum absolute atomic E-state index is 12.4. The monoisotopic (exact) mass is 384 g/mol. The molecular formula is C23H20N4O2. The van der Waals surface area contributed by atoms with Gasteiger partial charge in [0.1, 0.15) is 5.82 Å². The second-order valence-electron chi connectivity index (χ2n) is 6.78. The van der Waals surface area contributed by atoms with Crippen molar-refractivity contribution >= 4 is 39.8 Å². The largest absolute Gasteiger partial charge is 0.361 e. The summed E-state index contributed by atoms with van der Waals surface area (Å²) in [6.45, 7) is 1.53. The standard InChI is InChI=1S/C23H20N4O2/c1-15(28)16-5-4-6-18(11-16)26-22-10-9-19(14-25-22)27-23(29)12-17-13-24-21-8-3-2-7-20(17)21/h2-11,13-14,24H,12H2,1H3,(H,25,26)(H,27,29). The number of pyridine rings is 1. The number of anilines is 3. The molecule has 144 valence electrons. The lowest BCUT2D eigenvalue weighted by molar-refractivity contribution is -0.115. The number of hydrogen-bond donors (Lipinski definition) is 3. The van der Waals surface area contributed by atoms with Gasteiger partial charge in [0.15, 0.2) is 5.78 Å². The van der Waals surface area contributed by atoms with Gasteiger partial charge < -0.3 is 15.6 Å². The number of hydrogen-bond acceptors (Lipinski definition) is 4. The summed E-state index contributed by atoms with van der Waals surface area (Å²) in [5.41, 5.74) is 4.01. The zero-order valence-corrected chi connectivity index (χ0v) is 15.9. The molecule has 2 aromatic heterocycles. The van der Waals surface area contributed by atoms with E-state index in [0.717, 1.165) is 22.2 Å². The molecule has 4 aromatic rings. The van der Waals surface area contributed by atoms with E-state index in [4.69, 9.17) is 0 Å². The highest BCUT2D eigenvalue weighted by atomic mass is 16.1. The lowest BCUT2D eigenvalue weighted by Gasteiger charge is -2.08. The smallest absolute Gasteiger partial charge is 0.228 e. The first-order valence-corrected chi connectivity index (χ1v) is 9.27. The van der Waals surface area contributed by atoms with Crippen molar-refractivity contribution in [2.45, 2.75) is 13.3 Å². The van der Waals surface area contributed by atoms with Gasteiger partial charge in [-0.05, 0) is 42.8 Å². The maximum atomic E-state index is 12.4. The van der Waals surface area contributed by atoms with E-state index >= 15 is 0 Å². The summed E-state index contributed by atoms with van der Waals surface area (Å²) in [7, 11) is 0. The van der Waals surface area contributed by atoms with Crippen molar-refractivity contribution in [1.82, 2.24) is 9.97 Å². The average molecular weight is 384 g/mol. The Morgan fingerprint density at radius 2 is 1.86 bits per heavy atom. The molecule has 0 saturated carbocycles. The van der Waals surface area contributed by atoms with Gasteiger partial charge in [0.2, 0.25) is 5.91 Å². The fraction of sp³-hybridized carbons (Fsp3) is 0.0870. The van der Waals surface area contributed by atoms with Gasteiger partial charge in [-0.2, -0.15) is 0 Å². The number of nitrogens with zero attached hydrogens (tertiary/aromatic N) is 1. The summed E-state index contributed by atoms with van der Waals surface area (Å²) in [5, 5.41) is 7.08. The number of carbonyl (C=O) groups excluding carboxylic acids is 2. The van der Waals surface area contributed by atoms with E-state index in [1.54, 1.807) is 30.5 Å². The Morgan fingerprint density at radius 1 is 1.00 bits per heavy atom. The molecule has 0 aliphatic rings. The Morgan fingerprint density at radius 3 is 2.66 bits per heavy atom. The van der Waals surface area contributed by atoms with Gasteiger partial charge >= 0.3 is 0 Å². The van der Waals surface area contributed by atoms with Crippen molar-refractivity contribution in [3.63, 3.8) is 0 Å². The van der Waals surface area contributed by atoms with Gasteiger partial charge in [-0.15, -0.1) is 0 Å². The lowest BCUT2D eigenvalue weighted by Crippen LogP contribution is -2.14. The molecule has 0 spiro atoms. The molecule has 0 atom stereocenters. The van der Waals surface area contributed by atoms with Gasteiger partial charge in [0.05, 0.1) is 18.3 Å². The number of fused-ring (bicyclic) bond motifs is 1. The summed E-state index contributed by atoms with van der Waals surface area (Å²) in [4.78, 5) is 31.4. The average Bonchev–Trinajstić information content (AvgIpc) is 3.12. The Bertz CT molecular complexity index is 1180. The first kappa shape index (κ1) is 18.4. The van der Waals surface area contributed by atoms with E-state index in [1.165, 1.54) is 6.92 Å². The number of Topliss-reactive ketones (excluding diaryl/α,β-unsaturated/α-hetero) is 1. The van der Waals surface area contributed by atoms with Gasteiger partial charge in [0, 0.05) is 28.4 Å². The zero-order chi connectivity index (χ0) is 20.2. The van der Waals surface area contributed by atoms with Crippen LogP contribution in [0.4, 0.5) is 17.2 Å². The minimum Gasteiger partial charge on any atom is -0.361 e. The van der Waals surface area contributed by atoms with E-state index < -0.39 is 0 Å². The molecule has 0 saturated heterocycles. The van der Waals surface area contributed by atoms with Gasteiger partial charge in [0.25, 0.3) is 0 Å². The van der Waals surface area contributed by atoms with Crippen LogP contribution < -0.4 is 10.6 Å². The maximum Gasteiger partial charge on any atom is 0.228 e. The summed E-state index contributed by atoms with van der Waals surface area (Å²) in [6.07, 6.45) is 3.75. The minimum atomic E-state index is -0.105. The van der Waals surface area contributed by atoms with Gasteiger partial charge in [-0.1, -0.05) is 30.3 Å². The quantitative estimate of drug-likeness (QED) is 0.421. The van der Waals surface area contributed by atoms with Crippen molar-refractivity contribution in [3.05, 3.63) is 84.2 Å². The minimum absolute atomic E-state index is 0.00914. The molecule has 0 bridgehead atoms. The molecule has 0 aliphatic heterocycles. The van der Waals surface area contributed by atoms with Crippen LogP contribution in [0.2, 0.25) is 0 Å². The number of H-pyrrole nitrogens is 1. The number of amides is 1. The molecule has 1 amide bonds. The van der Waals surface area contributed by atoms with Crippen molar-refractivity contribution in [2.24, 2.45) is 0 Å². The fourth-order valence-corrected chi connectivity index (χ4v) is 3.16. The number of aromatic nitrogens is 2. The molecule has 0 aliphatic carbocycles. The normalized spacial score (nSPS) is 10.7. The van der Waals surface area contributed by atoms with E-state index in [2.05, 4.69) is 20.6 Å². The van der Waals surface area contributed by atoms with Crippen LogP contribution >= 0.6 is 0 Å². The van der Waals surface area contributed by atoms with Gasteiger partial charge in [-0.3, -0.25) is 9.59 Å². The third-order valence-electron chi connectivity index (χ3n) is 4.61. The van der Waals surface area contributed by atoms with Crippen molar-refractivity contribution in [3.8, 4) is 0 Å². The van der Waals surface area contributed by atoms with Crippen molar-refractivity contribution in [2.75, 3.05) is 10.6 Å². The Hall–Kier alpha value is -3.93. The highest BCUT2D eigenvalue weighted by Crippen LogP contribution is 2.20. The number of nitrogens with one attached hydrogen (secondary N) is 3. The highest BCUT2D eigenvalue weighted by Gasteiger charge is 2.09. The first-order chi connectivity index (χ1) is 14.1. The third-order valence-corrected chi connectivity index (χ3v) is 4.61. The number of rotatable bonds is 6. The van der Waals surface area contributed by atoms with Crippen LogP contribution in [-0.4, -0.2) is 21.7 Å².